The summed E-state index contributed by atoms with van der Waals surface area (Å²) >= 11 is 0. The molecule has 2 aromatic rings. The van der Waals surface area contributed by atoms with Crippen molar-refractivity contribution in [1.29, 1.82) is 0 Å². The monoisotopic (exact) mass is 329 g/mol. The van der Waals surface area contributed by atoms with Crippen molar-refractivity contribution in [2.45, 2.75) is 26.3 Å². The van der Waals surface area contributed by atoms with Gasteiger partial charge in [-0.05, 0) is 37.6 Å². The Bertz CT molecular complexity index is 686. The maximum Gasteiger partial charge on any atom is 0.274 e. The van der Waals surface area contributed by atoms with Gasteiger partial charge in [-0.15, -0.1) is 0 Å². The van der Waals surface area contributed by atoms with Crippen molar-refractivity contribution in [3.8, 4) is 11.5 Å². The van der Waals surface area contributed by atoms with Gasteiger partial charge in [-0.25, -0.2) is 4.98 Å². The highest BCUT2D eigenvalue weighted by Crippen LogP contribution is 2.29. The molecule has 0 aliphatic carbocycles. The molecule has 1 aromatic heterocycles. The Hall–Kier alpha value is -2.76. The summed E-state index contributed by atoms with van der Waals surface area (Å²) in [5.41, 5.74) is 1.85. The van der Waals surface area contributed by atoms with Gasteiger partial charge < -0.3 is 20.1 Å². The summed E-state index contributed by atoms with van der Waals surface area (Å²) in [6.07, 6.45) is 2.68. The van der Waals surface area contributed by atoms with Gasteiger partial charge in [-0.1, -0.05) is 6.92 Å². The van der Waals surface area contributed by atoms with Crippen molar-refractivity contribution in [3.05, 3.63) is 42.2 Å². The first-order chi connectivity index (χ1) is 11.6. The van der Waals surface area contributed by atoms with E-state index in [4.69, 9.17) is 9.47 Å². The van der Waals surface area contributed by atoms with E-state index >= 15 is 0 Å². The van der Waals surface area contributed by atoms with E-state index in [0.717, 1.165) is 12.1 Å². The van der Waals surface area contributed by atoms with Crippen molar-refractivity contribution in [1.82, 2.24) is 4.98 Å². The summed E-state index contributed by atoms with van der Waals surface area (Å²) in [5, 5.41) is 6.11. The van der Waals surface area contributed by atoms with Gasteiger partial charge in [-0.3, -0.25) is 4.79 Å². The lowest BCUT2D eigenvalue weighted by Crippen LogP contribution is -2.16. The topological polar surface area (TPSA) is 72.5 Å². The number of rotatable bonds is 7. The second-order valence-corrected chi connectivity index (χ2v) is 5.41. The normalized spacial score (nSPS) is 11.5. The van der Waals surface area contributed by atoms with Crippen molar-refractivity contribution in [3.63, 3.8) is 0 Å². The van der Waals surface area contributed by atoms with E-state index in [1.807, 2.05) is 6.07 Å². The van der Waals surface area contributed by atoms with E-state index in [1.165, 1.54) is 0 Å². The number of nitrogens with one attached hydrogen (secondary N) is 2. The number of methoxy groups -OCH3 is 2. The smallest absolute Gasteiger partial charge is 0.274 e. The van der Waals surface area contributed by atoms with Crippen LogP contribution in [0.4, 0.5) is 11.4 Å². The van der Waals surface area contributed by atoms with Gasteiger partial charge in [-0.2, -0.15) is 0 Å². The zero-order chi connectivity index (χ0) is 17.5. The van der Waals surface area contributed by atoms with Gasteiger partial charge in [0.15, 0.2) is 11.5 Å². The molecule has 1 aromatic carbocycles. The number of amides is 1. The van der Waals surface area contributed by atoms with Crippen LogP contribution in [-0.4, -0.2) is 31.2 Å². The minimum Gasteiger partial charge on any atom is -0.493 e. The largest absolute Gasteiger partial charge is 0.493 e. The van der Waals surface area contributed by atoms with Gasteiger partial charge in [0.05, 0.1) is 26.1 Å². The zero-order valence-corrected chi connectivity index (χ0v) is 14.4. The molecular weight excluding hydrogens is 306 g/mol. The third-order valence-electron chi connectivity index (χ3n) is 3.66. The number of carbonyl (C=O) groups is 1. The molecule has 2 N–H and O–H groups in total. The van der Waals surface area contributed by atoms with Crippen LogP contribution in [0.1, 0.15) is 30.8 Å². The lowest BCUT2D eigenvalue weighted by molar-refractivity contribution is 0.102. The SMILES string of the molecule is CCC(C)Nc1ccc(C(=O)Nc2ccc(OC)c(OC)c2)nc1. The molecule has 24 heavy (non-hydrogen) atoms. The van der Waals surface area contributed by atoms with E-state index in [2.05, 4.69) is 29.5 Å². The van der Waals surface area contributed by atoms with E-state index in [-0.39, 0.29) is 5.91 Å². The van der Waals surface area contributed by atoms with Gasteiger partial charge in [0.25, 0.3) is 5.91 Å². The standard InChI is InChI=1S/C18H23N3O3/c1-5-12(2)20-14-6-8-15(19-11-14)18(22)21-13-7-9-16(23-3)17(10-13)24-4/h6-12,20H,5H2,1-4H3,(H,21,22). The molecule has 1 amide bonds. The van der Waals surface area contributed by atoms with Crippen LogP contribution >= 0.6 is 0 Å². The third-order valence-corrected chi connectivity index (χ3v) is 3.66. The Balaban J connectivity index is 2.07. The molecule has 1 heterocycles. The Morgan fingerprint density at radius 3 is 2.42 bits per heavy atom. The average Bonchev–Trinajstić information content (AvgIpc) is 2.61. The van der Waals surface area contributed by atoms with Gasteiger partial charge in [0.1, 0.15) is 5.69 Å². The van der Waals surface area contributed by atoms with Crippen LogP contribution in [0.15, 0.2) is 36.5 Å². The minimum atomic E-state index is -0.280. The highest BCUT2D eigenvalue weighted by Gasteiger charge is 2.10. The van der Waals surface area contributed by atoms with E-state index in [9.17, 15) is 4.79 Å². The number of aromatic nitrogens is 1. The lowest BCUT2D eigenvalue weighted by atomic mass is 10.2. The lowest BCUT2D eigenvalue weighted by Gasteiger charge is -2.13. The summed E-state index contributed by atoms with van der Waals surface area (Å²) in [5.74, 6) is 0.878. The molecule has 0 saturated carbocycles. The van der Waals surface area contributed by atoms with Crippen molar-refractivity contribution >= 4 is 17.3 Å². The maximum absolute atomic E-state index is 12.3. The Kier molecular flexibility index (Phi) is 6.01. The highest BCUT2D eigenvalue weighted by molar-refractivity contribution is 6.03. The van der Waals surface area contributed by atoms with E-state index < -0.39 is 0 Å². The number of carbonyl (C=O) groups excluding carboxylic acids is 1. The quantitative estimate of drug-likeness (QED) is 0.812. The second-order valence-electron chi connectivity index (χ2n) is 5.41. The molecule has 0 spiro atoms. The van der Waals surface area contributed by atoms with Crippen molar-refractivity contribution in [2.75, 3.05) is 24.9 Å². The summed E-state index contributed by atoms with van der Waals surface area (Å²) in [6.45, 7) is 4.20. The molecule has 1 atom stereocenters. The highest BCUT2D eigenvalue weighted by atomic mass is 16.5. The Morgan fingerprint density at radius 1 is 1.12 bits per heavy atom. The Labute approximate surface area is 142 Å². The predicted octanol–water partition coefficient (Wildman–Crippen LogP) is 3.56. The summed E-state index contributed by atoms with van der Waals surface area (Å²) in [6, 6.07) is 9.09. The molecule has 0 radical (unpaired) electrons. The zero-order valence-electron chi connectivity index (χ0n) is 14.4. The van der Waals surface area contributed by atoms with Crippen LogP contribution in [0.2, 0.25) is 0 Å². The van der Waals surface area contributed by atoms with Crippen LogP contribution in [0.5, 0.6) is 11.5 Å². The number of pyridine rings is 1. The fourth-order valence-electron chi connectivity index (χ4n) is 2.11. The molecule has 6 heteroatoms. The predicted molar refractivity (Wildman–Crippen MR) is 95.1 cm³/mol. The fraction of sp³-hybridized carbons (Fsp3) is 0.333. The van der Waals surface area contributed by atoms with E-state index in [1.54, 1.807) is 44.7 Å². The molecule has 0 fully saturated rings. The summed E-state index contributed by atoms with van der Waals surface area (Å²) in [4.78, 5) is 16.5. The van der Waals surface area contributed by atoms with E-state index in [0.29, 0.717) is 28.9 Å². The molecule has 1 unspecified atom stereocenters. The number of nitrogens with zero attached hydrogens (tertiary/aromatic N) is 1. The number of hydrogen-bond acceptors (Lipinski definition) is 5. The maximum atomic E-state index is 12.3. The Morgan fingerprint density at radius 2 is 1.83 bits per heavy atom. The van der Waals surface area contributed by atoms with Crippen molar-refractivity contribution < 1.29 is 14.3 Å². The first-order valence-electron chi connectivity index (χ1n) is 7.83. The number of anilines is 2. The van der Waals surface area contributed by atoms with Crippen LogP contribution in [0, 0.1) is 0 Å². The average molecular weight is 329 g/mol. The molecule has 0 aliphatic rings. The van der Waals surface area contributed by atoms with Gasteiger partial charge >= 0.3 is 0 Å². The third kappa shape index (κ3) is 4.38. The van der Waals surface area contributed by atoms with Crippen LogP contribution in [0.3, 0.4) is 0 Å². The van der Waals surface area contributed by atoms with Crippen LogP contribution in [0.25, 0.3) is 0 Å². The number of hydrogen-bond donors (Lipinski definition) is 2. The number of ether oxygens (including phenoxy) is 2. The fourth-order valence-corrected chi connectivity index (χ4v) is 2.11. The first kappa shape index (κ1) is 17.6. The van der Waals surface area contributed by atoms with Crippen LogP contribution in [-0.2, 0) is 0 Å². The van der Waals surface area contributed by atoms with Crippen LogP contribution < -0.4 is 20.1 Å². The summed E-state index contributed by atoms with van der Waals surface area (Å²) in [7, 11) is 3.11. The molecular formula is C18H23N3O3. The molecule has 2 rings (SSSR count). The number of benzene rings is 1. The minimum absolute atomic E-state index is 0.280. The molecule has 0 saturated heterocycles. The molecule has 128 valence electrons. The second kappa shape index (κ2) is 8.19. The van der Waals surface area contributed by atoms with Gasteiger partial charge in [0, 0.05) is 17.8 Å². The van der Waals surface area contributed by atoms with Crippen molar-refractivity contribution in [2.24, 2.45) is 0 Å². The first-order valence-corrected chi connectivity index (χ1v) is 7.83. The van der Waals surface area contributed by atoms with Gasteiger partial charge in [0.2, 0.25) is 0 Å². The molecule has 0 bridgehead atoms. The summed E-state index contributed by atoms with van der Waals surface area (Å²) < 4.78 is 10.4. The molecule has 6 nitrogen and oxygen atoms in total. The molecule has 0 aliphatic heterocycles.